The smallest absolute Gasteiger partial charge is 0.326 e. The molecule has 1 aromatic heterocycles. The summed E-state index contributed by atoms with van der Waals surface area (Å²) in [5.41, 5.74) is 6.37. The Bertz CT molecular complexity index is 929. The van der Waals surface area contributed by atoms with E-state index >= 15 is 0 Å². The van der Waals surface area contributed by atoms with Crippen molar-refractivity contribution < 1.29 is 4.79 Å². The molecule has 0 bridgehead atoms. The fourth-order valence-electron chi connectivity index (χ4n) is 3.11. The maximum atomic E-state index is 12.5. The Morgan fingerprint density at radius 1 is 1.28 bits per heavy atom. The van der Waals surface area contributed by atoms with Crippen molar-refractivity contribution in [3.8, 4) is 0 Å². The van der Waals surface area contributed by atoms with Crippen molar-refractivity contribution in [3.05, 3.63) is 55.9 Å². The lowest BCUT2D eigenvalue weighted by Gasteiger charge is -2.17. The summed E-state index contributed by atoms with van der Waals surface area (Å²) in [4.78, 5) is 42.0. The van der Waals surface area contributed by atoms with E-state index in [4.69, 9.17) is 5.73 Å². The largest absolute Gasteiger partial charge is 0.392 e. The highest BCUT2D eigenvalue weighted by atomic mass is 16.2. The number of carbonyl (C=O) groups excluding carboxylic acids is 1. The van der Waals surface area contributed by atoms with Crippen molar-refractivity contribution in [1.29, 1.82) is 0 Å². The summed E-state index contributed by atoms with van der Waals surface area (Å²) in [6.07, 6.45) is 0. The lowest BCUT2D eigenvalue weighted by molar-refractivity contribution is 0.102. The van der Waals surface area contributed by atoms with Crippen LogP contribution in [0.1, 0.15) is 35.5 Å². The van der Waals surface area contributed by atoms with Crippen molar-refractivity contribution in [2.24, 2.45) is 5.92 Å². The van der Waals surface area contributed by atoms with Gasteiger partial charge in [0.2, 0.25) is 0 Å². The predicted molar refractivity (Wildman–Crippen MR) is 95.4 cm³/mol. The van der Waals surface area contributed by atoms with Gasteiger partial charge in [-0.25, -0.2) is 4.79 Å². The minimum Gasteiger partial charge on any atom is -0.392 e. The van der Waals surface area contributed by atoms with E-state index in [0.717, 1.165) is 30.8 Å². The van der Waals surface area contributed by atoms with Crippen LogP contribution in [-0.4, -0.2) is 27.3 Å². The van der Waals surface area contributed by atoms with Gasteiger partial charge in [-0.3, -0.25) is 19.5 Å². The van der Waals surface area contributed by atoms with Crippen LogP contribution >= 0.6 is 0 Å². The van der Waals surface area contributed by atoms with Crippen molar-refractivity contribution in [3.63, 3.8) is 0 Å². The normalized spacial score (nSPS) is 13.9. The molecular formula is C17H21N5O3. The molecule has 1 amide bonds. The van der Waals surface area contributed by atoms with Crippen molar-refractivity contribution in [2.75, 3.05) is 17.6 Å². The number of hydrogen-bond acceptors (Lipinski definition) is 5. The Hall–Kier alpha value is -2.87. The van der Waals surface area contributed by atoms with Gasteiger partial charge >= 0.3 is 5.69 Å². The van der Waals surface area contributed by atoms with Gasteiger partial charge in [0.25, 0.3) is 11.5 Å². The summed E-state index contributed by atoms with van der Waals surface area (Å²) in [5.74, 6) is -0.0651. The van der Waals surface area contributed by atoms with E-state index in [1.165, 1.54) is 0 Å². The van der Waals surface area contributed by atoms with Crippen LogP contribution in [0.3, 0.4) is 0 Å². The minimum absolute atomic E-state index is 0.233. The highest BCUT2D eigenvalue weighted by Crippen LogP contribution is 2.30. The number of H-pyrrole nitrogens is 2. The molecule has 0 saturated carbocycles. The van der Waals surface area contributed by atoms with Crippen LogP contribution in [0.25, 0.3) is 0 Å². The molecule has 3 rings (SSSR count). The number of carbonyl (C=O) groups is 1. The summed E-state index contributed by atoms with van der Waals surface area (Å²) < 4.78 is 0. The number of nitrogens with one attached hydrogen (secondary N) is 3. The third-order valence-electron chi connectivity index (χ3n) is 4.13. The fourth-order valence-corrected chi connectivity index (χ4v) is 3.11. The first-order valence-electron chi connectivity index (χ1n) is 8.11. The number of amides is 1. The lowest BCUT2D eigenvalue weighted by Crippen LogP contribution is -2.31. The van der Waals surface area contributed by atoms with Crippen LogP contribution in [0.4, 0.5) is 11.4 Å². The molecule has 2 heterocycles. The number of aromatic nitrogens is 2. The highest BCUT2D eigenvalue weighted by Gasteiger charge is 2.23. The summed E-state index contributed by atoms with van der Waals surface area (Å²) >= 11 is 0. The summed E-state index contributed by atoms with van der Waals surface area (Å²) in [5, 5.41) is 2.76. The molecule has 1 aliphatic heterocycles. The van der Waals surface area contributed by atoms with Crippen LogP contribution in [0.2, 0.25) is 0 Å². The zero-order valence-corrected chi connectivity index (χ0v) is 14.2. The number of fused-ring (bicyclic) bond motifs is 1. The van der Waals surface area contributed by atoms with E-state index in [1.807, 2.05) is 17.1 Å². The maximum Gasteiger partial charge on any atom is 0.326 e. The molecule has 2 aromatic rings. The van der Waals surface area contributed by atoms with Gasteiger partial charge in [0.15, 0.2) is 0 Å². The van der Waals surface area contributed by atoms with E-state index in [-0.39, 0.29) is 11.4 Å². The van der Waals surface area contributed by atoms with Gasteiger partial charge in [-0.1, -0.05) is 26.0 Å². The molecule has 1 aliphatic rings. The van der Waals surface area contributed by atoms with E-state index in [9.17, 15) is 14.4 Å². The molecule has 0 unspecified atom stereocenters. The van der Waals surface area contributed by atoms with Crippen LogP contribution in [0, 0.1) is 5.92 Å². The van der Waals surface area contributed by atoms with Gasteiger partial charge < -0.3 is 16.0 Å². The number of nitrogens with two attached hydrogens (primary N) is 1. The molecule has 0 saturated heterocycles. The number of nitrogen functional groups attached to an aromatic ring is 1. The quantitative estimate of drug-likeness (QED) is 0.656. The van der Waals surface area contributed by atoms with E-state index in [2.05, 4.69) is 29.0 Å². The Labute approximate surface area is 144 Å². The van der Waals surface area contributed by atoms with Gasteiger partial charge in [-0.2, -0.15) is 0 Å². The van der Waals surface area contributed by atoms with Gasteiger partial charge in [0.05, 0.1) is 0 Å². The van der Waals surface area contributed by atoms with E-state index < -0.39 is 17.2 Å². The number of nitrogens with zero attached hydrogens (tertiary/aromatic N) is 1. The Morgan fingerprint density at radius 3 is 2.76 bits per heavy atom. The average molecular weight is 343 g/mol. The Morgan fingerprint density at radius 2 is 2.04 bits per heavy atom. The second-order valence-electron chi connectivity index (χ2n) is 6.66. The molecule has 0 atom stereocenters. The number of benzene rings is 1. The molecule has 1 aromatic carbocycles. The van der Waals surface area contributed by atoms with Gasteiger partial charge in [-0.15, -0.1) is 0 Å². The van der Waals surface area contributed by atoms with Crippen LogP contribution in [-0.2, 0) is 13.1 Å². The second-order valence-corrected chi connectivity index (χ2v) is 6.66. The molecule has 25 heavy (non-hydrogen) atoms. The predicted octanol–water partition coefficient (Wildman–Crippen LogP) is 0.869. The van der Waals surface area contributed by atoms with Crippen molar-refractivity contribution >= 4 is 17.3 Å². The van der Waals surface area contributed by atoms with Crippen LogP contribution in [0.5, 0.6) is 0 Å². The summed E-state index contributed by atoms with van der Waals surface area (Å²) in [6.45, 7) is 6.87. The molecule has 132 valence electrons. The van der Waals surface area contributed by atoms with E-state index in [1.54, 1.807) is 6.07 Å². The average Bonchev–Trinajstić information content (AvgIpc) is 2.93. The fraction of sp³-hybridized carbons (Fsp3) is 0.353. The zero-order chi connectivity index (χ0) is 18.1. The highest BCUT2D eigenvalue weighted by molar-refractivity contribution is 6.06. The van der Waals surface area contributed by atoms with E-state index in [0.29, 0.717) is 11.6 Å². The van der Waals surface area contributed by atoms with Crippen LogP contribution < -0.4 is 22.3 Å². The van der Waals surface area contributed by atoms with Crippen molar-refractivity contribution in [2.45, 2.75) is 26.9 Å². The van der Waals surface area contributed by atoms with Gasteiger partial charge in [0, 0.05) is 25.3 Å². The van der Waals surface area contributed by atoms with Crippen LogP contribution in [0.15, 0.2) is 27.8 Å². The third-order valence-corrected chi connectivity index (χ3v) is 4.13. The molecule has 0 spiro atoms. The third kappa shape index (κ3) is 3.48. The first kappa shape index (κ1) is 17.0. The summed E-state index contributed by atoms with van der Waals surface area (Å²) in [6, 6.07) is 5.71. The topological polar surface area (TPSA) is 124 Å². The molecular weight excluding hydrogens is 322 g/mol. The zero-order valence-electron chi connectivity index (χ0n) is 14.2. The molecule has 8 nitrogen and oxygen atoms in total. The Balaban J connectivity index is 1.87. The van der Waals surface area contributed by atoms with Gasteiger partial charge in [0.1, 0.15) is 11.4 Å². The Kier molecular flexibility index (Phi) is 4.45. The molecule has 5 N–H and O–H groups in total. The first-order chi connectivity index (χ1) is 11.8. The number of rotatable bonds is 4. The molecule has 0 fully saturated rings. The molecule has 0 aliphatic carbocycles. The standard InChI is InChI=1S/C17H21N5O3/c1-9(2)6-22-7-10-4-3-5-12(11(10)8-22)19-16(24)14-13(18)15(23)21-17(25)20-14/h3-5,9H,6-8,18H2,1-2H3,(H,19,24)(H2,20,21,23,25). The second kappa shape index (κ2) is 6.56. The lowest BCUT2D eigenvalue weighted by atomic mass is 10.1. The number of hydrogen-bond donors (Lipinski definition) is 4. The SMILES string of the molecule is CC(C)CN1Cc2cccc(NC(=O)c3[nH]c(=O)[nH]c(=O)c3N)c2C1. The monoisotopic (exact) mass is 343 g/mol. The summed E-state index contributed by atoms with van der Waals surface area (Å²) in [7, 11) is 0. The first-order valence-corrected chi connectivity index (χ1v) is 8.11. The maximum absolute atomic E-state index is 12.5. The van der Waals surface area contributed by atoms with Crippen molar-refractivity contribution in [1.82, 2.24) is 14.9 Å². The molecule has 0 radical (unpaired) electrons. The molecule has 8 heteroatoms. The van der Waals surface area contributed by atoms with Gasteiger partial charge in [-0.05, 0) is 23.1 Å². The number of aromatic amines is 2. The number of anilines is 2. The minimum atomic E-state index is -0.782.